The molecular weight excluding hydrogens is 304 g/mol. The van der Waals surface area contributed by atoms with E-state index < -0.39 is 0 Å². The van der Waals surface area contributed by atoms with Gasteiger partial charge >= 0.3 is 0 Å². The number of nitrogens with zero attached hydrogens (tertiary/aromatic N) is 3. The Balaban J connectivity index is 1.58. The molecule has 1 N–H and O–H groups in total. The third-order valence-corrected chi connectivity index (χ3v) is 3.27. The SMILES string of the molecule is [O-][n+]1nc(NCOCc2ccc(Cl)cc2)nc2ccccc21. The van der Waals surface area contributed by atoms with E-state index in [-0.39, 0.29) is 12.7 Å². The second kappa shape index (κ2) is 6.55. The van der Waals surface area contributed by atoms with Crippen molar-refractivity contribution >= 4 is 28.6 Å². The zero-order valence-corrected chi connectivity index (χ0v) is 12.3. The normalized spacial score (nSPS) is 10.8. The predicted octanol–water partition coefficient (Wildman–Crippen LogP) is 2.50. The topological polar surface area (TPSA) is 74.0 Å². The average molecular weight is 317 g/mol. The summed E-state index contributed by atoms with van der Waals surface area (Å²) in [6.07, 6.45) is 0. The second-order valence-electron chi connectivity index (χ2n) is 4.59. The van der Waals surface area contributed by atoms with Crippen molar-refractivity contribution in [2.24, 2.45) is 0 Å². The van der Waals surface area contributed by atoms with Crippen molar-refractivity contribution in [3.8, 4) is 0 Å². The van der Waals surface area contributed by atoms with Crippen LogP contribution in [0.4, 0.5) is 5.95 Å². The highest BCUT2D eigenvalue weighted by molar-refractivity contribution is 6.30. The van der Waals surface area contributed by atoms with Gasteiger partial charge in [-0.25, -0.2) is 4.98 Å². The molecule has 0 spiro atoms. The number of halogens is 1. The van der Waals surface area contributed by atoms with Gasteiger partial charge in [0.2, 0.25) is 0 Å². The lowest BCUT2D eigenvalue weighted by atomic mass is 10.2. The molecule has 3 aromatic rings. The minimum absolute atomic E-state index is 0.195. The fraction of sp³-hybridized carbons (Fsp3) is 0.133. The van der Waals surface area contributed by atoms with Crippen LogP contribution < -0.4 is 10.2 Å². The molecule has 0 radical (unpaired) electrons. The van der Waals surface area contributed by atoms with Gasteiger partial charge in [-0.05, 0) is 28.6 Å². The molecule has 0 aliphatic heterocycles. The highest BCUT2D eigenvalue weighted by Crippen LogP contribution is 2.10. The molecule has 2 aromatic carbocycles. The van der Waals surface area contributed by atoms with Gasteiger partial charge in [-0.1, -0.05) is 35.9 Å². The monoisotopic (exact) mass is 316 g/mol. The number of rotatable bonds is 5. The first-order valence-electron chi connectivity index (χ1n) is 6.65. The van der Waals surface area contributed by atoms with E-state index in [0.29, 0.717) is 27.5 Å². The van der Waals surface area contributed by atoms with Crippen LogP contribution in [0.2, 0.25) is 5.02 Å². The Morgan fingerprint density at radius 3 is 2.73 bits per heavy atom. The summed E-state index contributed by atoms with van der Waals surface area (Å²) < 4.78 is 5.47. The van der Waals surface area contributed by atoms with Crippen LogP contribution in [-0.4, -0.2) is 16.8 Å². The quantitative estimate of drug-likeness (QED) is 0.339. The number of hydrogen-bond acceptors (Lipinski definition) is 5. The van der Waals surface area contributed by atoms with Crippen molar-refractivity contribution in [1.29, 1.82) is 0 Å². The third-order valence-electron chi connectivity index (χ3n) is 3.01. The maximum atomic E-state index is 11.8. The van der Waals surface area contributed by atoms with Crippen molar-refractivity contribution < 1.29 is 9.58 Å². The van der Waals surface area contributed by atoms with E-state index in [4.69, 9.17) is 16.3 Å². The van der Waals surface area contributed by atoms with E-state index in [1.54, 1.807) is 30.3 Å². The Labute approximate surface area is 131 Å². The number of benzene rings is 2. The van der Waals surface area contributed by atoms with Crippen molar-refractivity contribution in [3.63, 3.8) is 0 Å². The van der Waals surface area contributed by atoms with Gasteiger partial charge in [0.25, 0.3) is 11.5 Å². The molecule has 0 saturated carbocycles. The molecule has 7 heteroatoms. The number of aromatic nitrogens is 3. The van der Waals surface area contributed by atoms with Crippen molar-refractivity contribution in [2.45, 2.75) is 6.61 Å². The molecule has 0 unspecified atom stereocenters. The zero-order valence-electron chi connectivity index (χ0n) is 11.6. The molecule has 0 saturated heterocycles. The molecule has 22 heavy (non-hydrogen) atoms. The van der Waals surface area contributed by atoms with E-state index in [2.05, 4.69) is 15.4 Å². The maximum Gasteiger partial charge on any atom is 0.292 e. The summed E-state index contributed by atoms with van der Waals surface area (Å²) in [5, 5.41) is 19.1. The first-order valence-corrected chi connectivity index (χ1v) is 7.03. The van der Waals surface area contributed by atoms with Gasteiger partial charge in [0.15, 0.2) is 0 Å². The molecular formula is C15H13ClN4O2. The molecule has 0 aliphatic carbocycles. The lowest BCUT2D eigenvalue weighted by Gasteiger charge is -2.06. The molecule has 0 amide bonds. The van der Waals surface area contributed by atoms with Crippen LogP contribution >= 0.6 is 11.6 Å². The largest absolute Gasteiger partial charge is 0.594 e. The molecule has 112 valence electrons. The molecule has 0 bridgehead atoms. The van der Waals surface area contributed by atoms with Crippen molar-refractivity contribution in [2.75, 3.05) is 12.0 Å². The van der Waals surface area contributed by atoms with Crippen LogP contribution in [0.5, 0.6) is 0 Å². The van der Waals surface area contributed by atoms with Gasteiger partial charge in [0.1, 0.15) is 12.2 Å². The summed E-state index contributed by atoms with van der Waals surface area (Å²) >= 11 is 5.81. The van der Waals surface area contributed by atoms with E-state index in [0.717, 1.165) is 5.56 Å². The summed E-state index contributed by atoms with van der Waals surface area (Å²) in [4.78, 5) is 4.80. The maximum absolute atomic E-state index is 11.8. The lowest BCUT2D eigenvalue weighted by molar-refractivity contribution is -0.641. The molecule has 1 aromatic heterocycles. The first kappa shape index (κ1) is 14.5. The average Bonchev–Trinajstić information content (AvgIpc) is 2.53. The van der Waals surface area contributed by atoms with Gasteiger partial charge in [0, 0.05) is 11.1 Å². The molecule has 3 rings (SSSR count). The van der Waals surface area contributed by atoms with Crippen molar-refractivity contribution in [1.82, 2.24) is 10.1 Å². The van der Waals surface area contributed by atoms with Crippen LogP contribution in [0.3, 0.4) is 0 Å². The Kier molecular flexibility index (Phi) is 4.32. The Morgan fingerprint density at radius 2 is 1.91 bits per heavy atom. The minimum atomic E-state index is 0.195. The Morgan fingerprint density at radius 1 is 1.14 bits per heavy atom. The Bertz CT molecular complexity index is 780. The molecule has 1 heterocycles. The molecule has 0 atom stereocenters. The van der Waals surface area contributed by atoms with Crippen LogP contribution in [0.15, 0.2) is 48.5 Å². The third kappa shape index (κ3) is 3.41. The van der Waals surface area contributed by atoms with Gasteiger partial charge in [-0.3, -0.25) is 0 Å². The predicted molar refractivity (Wildman–Crippen MR) is 83.2 cm³/mol. The minimum Gasteiger partial charge on any atom is -0.594 e. The molecule has 0 fully saturated rings. The highest BCUT2D eigenvalue weighted by Gasteiger charge is 2.09. The number of ether oxygens (including phenoxy) is 1. The fourth-order valence-electron chi connectivity index (χ4n) is 1.94. The van der Waals surface area contributed by atoms with E-state index in [9.17, 15) is 5.21 Å². The van der Waals surface area contributed by atoms with Gasteiger partial charge in [-0.2, -0.15) is 0 Å². The molecule has 6 nitrogen and oxygen atoms in total. The van der Waals surface area contributed by atoms with Crippen LogP contribution in [0.1, 0.15) is 5.56 Å². The van der Waals surface area contributed by atoms with Gasteiger partial charge in [0.05, 0.1) is 11.7 Å². The summed E-state index contributed by atoms with van der Waals surface area (Å²) in [5.74, 6) is 0.227. The van der Waals surface area contributed by atoms with Gasteiger partial charge in [-0.15, -0.1) is 0 Å². The summed E-state index contributed by atoms with van der Waals surface area (Å²) in [7, 11) is 0. The standard InChI is InChI=1S/C15H13ClN4O2/c16-12-7-5-11(6-8-12)9-22-10-17-15-18-13-3-1-2-4-14(13)20(21)19-15/h1-8H,9-10H2,(H,17,18,19). The summed E-state index contributed by atoms with van der Waals surface area (Å²) in [5.41, 5.74) is 2.01. The smallest absolute Gasteiger partial charge is 0.292 e. The number of anilines is 1. The second-order valence-corrected chi connectivity index (χ2v) is 5.03. The lowest BCUT2D eigenvalue weighted by Crippen LogP contribution is -2.33. The Hall–Kier alpha value is -2.44. The highest BCUT2D eigenvalue weighted by atomic mass is 35.5. The summed E-state index contributed by atoms with van der Waals surface area (Å²) in [6.45, 7) is 0.621. The number of hydrogen-bond donors (Lipinski definition) is 1. The fourth-order valence-corrected chi connectivity index (χ4v) is 2.06. The van der Waals surface area contributed by atoms with Crippen LogP contribution in [0, 0.1) is 5.21 Å². The molecule has 0 aliphatic rings. The number of nitrogens with one attached hydrogen (secondary N) is 1. The van der Waals surface area contributed by atoms with E-state index in [1.807, 2.05) is 18.2 Å². The number of fused-ring (bicyclic) bond motifs is 1. The zero-order chi connectivity index (χ0) is 15.4. The van der Waals surface area contributed by atoms with Gasteiger partial charge < -0.3 is 15.3 Å². The van der Waals surface area contributed by atoms with Crippen LogP contribution in [-0.2, 0) is 11.3 Å². The van der Waals surface area contributed by atoms with E-state index >= 15 is 0 Å². The first-order chi connectivity index (χ1) is 10.7. The number of para-hydroxylation sites is 2. The van der Waals surface area contributed by atoms with Crippen LogP contribution in [0.25, 0.3) is 11.0 Å². The van der Waals surface area contributed by atoms with E-state index in [1.165, 1.54) is 0 Å². The summed E-state index contributed by atoms with van der Waals surface area (Å²) in [6, 6.07) is 14.4. The van der Waals surface area contributed by atoms with Crippen molar-refractivity contribution in [3.05, 3.63) is 64.3 Å².